The molecule has 0 saturated heterocycles. The number of anilines is 2. The lowest BCUT2D eigenvalue weighted by Gasteiger charge is -2.26. The maximum Gasteiger partial charge on any atom is 0.267 e. The van der Waals surface area contributed by atoms with E-state index < -0.39 is 5.60 Å². The van der Waals surface area contributed by atoms with Gasteiger partial charge in [0.2, 0.25) is 0 Å². The molecular formula is C27H29ClN2O3. The highest BCUT2D eigenvalue weighted by atomic mass is 35.5. The third kappa shape index (κ3) is 6.59. The van der Waals surface area contributed by atoms with Crippen LogP contribution in [0.5, 0.6) is 5.75 Å². The number of nitrogens with one attached hydrogen (secondary N) is 2. The van der Waals surface area contributed by atoms with Crippen molar-refractivity contribution in [3.8, 4) is 5.75 Å². The van der Waals surface area contributed by atoms with Gasteiger partial charge in [0, 0.05) is 22.0 Å². The zero-order chi connectivity index (χ0) is 24.2. The highest BCUT2D eigenvalue weighted by Crippen LogP contribution is 2.27. The maximum absolute atomic E-state index is 12.9. The second-order valence-electron chi connectivity index (χ2n) is 9.39. The second-order valence-corrected chi connectivity index (χ2v) is 9.82. The topological polar surface area (TPSA) is 67.4 Å². The van der Waals surface area contributed by atoms with Gasteiger partial charge in [-0.15, -0.1) is 0 Å². The molecule has 172 valence electrons. The molecular weight excluding hydrogens is 436 g/mol. The van der Waals surface area contributed by atoms with Gasteiger partial charge in [0.1, 0.15) is 5.75 Å². The van der Waals surface area contributed by atoms with Crippen LogP contribution in [0.25, 0.3) is 0 Å². The van der Waals surface area contributed by atoms with Gasteiger partial charge in [-0.2, -0.15) is 0 Å². The molecule has 0 radical (unpaired) electrons. The Balaban J connectivity index is 1.66. The first kappa shape index (κ1) is 24.3. The van der Waals surface area contributed by atoms with Crippen molar-refractivity contribution >= 4 is 34.8 Å². The Labute approximate surface area is 200 Å². The molecule has 0 aliphatic heterocycles. The molecule has 0 atom stereocenters. The Morgan fingerprint density at radius 3 is 2.00 bits per heavy atom. The molecule has 0 aliphatic rings. The number of carbonyl (C=O) groups is 2. The van der Waals surface area contributed by atoms with Crippen LogP contribution in [-0.4, -0.2) is 17.4 Å². The fourth-order valence-electron chi connectivity index (χ4n) is 3.15. The summed E-state index contributed by atoms with van der Waals surface area (Å²) in [4.78, 5) is 25.4. The lowest BCUT2D eigenvalue weighted by Crippen LogP contribution is -2.42. The van der Waals surface area contributed by atoms with Gasteiger partial charge in [-0.3, -0.25) is 9.59 Å². The summed E-state index contributed by atoms with van der Waals surface area (Å²) < 4.78 is 5.97. The maximum atomic E-state index is 12.9. The molecule has 0 spiro atoms. The first-order valence-corrected chi connectivity index (χ1v) is 11.1. The summed E-state index contributed by atoms with van der Waals surface area (Å²) in [5.74, 6) is 0.0229. The zero-order valence-corrected chi connectivity index (χ0v) is 20.3. The van der Waals surface area contributed by atoms with Gasteiger partial charge in [-0.25, -0.2) is 0 Å². The number of halogens is 1. The predicted octanol–water partition coefficient (Wildman–Crippen LogP) is 6.69. The van der Waals surface area contributed by atoms with Crippen molar-refractivity contribution in [2.24, 2.45) is 0 Å². The summed E-state index contributed by atoms with van der Waals surface area (Å²) in [5.41, 5.74) is 1.66. The standard InChI is InChI=1S/C27H29ClN2O3/c1-26(2,3)19-12-14-23(15-13-19)33-27(4,5)25(32)30-22-11-7-10-21(17-22)29-24(31)18-8-6-9-20(28)16-18/h6-17H,1-5H3,(H,29,31)(H,30,32). The third-order valence-corrected chi connectivity index (χ3v) is 5.34. The quantitative estimate of drug-likeness (QED) is 0.427. The molecule has 0 unspecified atom stereocenters. The average Bonchev–Trinajstić information content (AvgIpc) is 2.73. The van der Waals surface area contributed by atoms with E-state index in [-0.39, 0.29) is 17.2 Å². The van der Waals surface area contributed by atoms with Crippen LogP contribution in [0, 0.1) is 0 Å². The molecule has 6 heteroatoms. The number of ether oxygens (including phenoxy) is 1. The van der Waals surface area contributed by atoms with Crippen molar-refractivity contribution in [3.05, 3.63) is 88.9 Å². The van der Waals surface area contributed by atoms with Gasteiger partial charge in [-0.05, 0) is 73.4 Å². The molecule has 0 heterocycles. The van der Waals surface area contributed by atoms with Gasteiger partial charge in [0.15, 0.2) is 5.60 Å². The molecule has 3 aromatic rings. The Bertz CT molecular complexity index is 1150. The highest BCUT2D eigenvalue weighted by Gasteiger charge is 2.30. The Morgan fingerprint density at radius 1 is 0.788 bits per heavy atom. The second kappa shape index (κ2) is 9.67. The smallest absolute Gasteiger partial charge is 0.267 e. The number of benzene rings is 3. The highest BCUT2D eigenvalue weighted by molar-refractivity contribution is 6.31. The lowest BCUT2D eigenvalue weighted by atomic mass is 9.87. The van der Waals surface area contributed by atoms with E-state index >= 15 is 0 Å². The minimum absolute atomic E-state index is 0.0403. The lowest BCUT2D eigenvalue weighted by molar-refractivity contribution is -0.128. The van der Waals surface area contributed by atoms with Crippen LogP contribution in [0.1, 0.15) is 50.5 Å². The van der Waals surface area contributed by atoms with Gasteiger partial charge in [0.05, 0.1) is 0 Å². The van der Waals surface area contributed by atoms with Crippen molar-refractivity contribution < 1.29 is 14.3 Å². The molecule has 3 aromatic carbocycles. The van der Waals surface area contributed by atoms with Crippen LogP contribution < -0.4 is 15.4 Å². The Hall–Kier alpha value is -3.31. The minimum atomic E-state index is -1.11. The molecule has 0 saturated carbocycles. The van der Waals surface area contributed by atoms with E-state index in [2.05, 4.69) is 31.4 Å². The van der Waals surface area contributed by atoms with E-state index in [1.165, 1.54) is 5.56 Å². The van der Waals surface area contributed by atoms with E-state index in [0.29, 0.717) is 27.7 Å². The molecule has 33 heavy (non-hydrogen) atoms. The van der Waals surface area contributed by atoms with Gasteiger partial charge in [0.25, 0.3) is 11.8 Å². The fraction of sp³-hybridized carbons (Fsp3) is 0.259. The molecule has 2 N–H and O–H groups in total. The van der Waals surface area contributed by atoms with E-state index in [9.17, 15) is 9.59 Å². The summed E-state index contributed by atoms with van der Waals surface area (Å²) in [6.45, 7) is 9.86. The normalized spacial score (nSPS) is 11.6. The van der Waals surface area contributed by atoms with Crippen LogP contribution in [0.15, 0.2) is 72.8 Å². The minimum Gasteiger partial charge on any atom is -0.478 e. The molecule has 0 fully saturated rings. The summed E-state index contributed by atoms with van der Waals surface area (Å²) in [7, 11) is 0. The van der Waals surface area contributed by atoms with E-state index in [1.807, 2.05) is 24.3 Å². The number of carbonyl (C=O) groups excluding carboxylic acids is 2. The summed E-state index contributed by atoms with van der Waals surface area (Å²) >= 11 is 5.96. The predicted molar refractivity (Wildman–Crippen MR) is 134 cm³/mol. The van der Waals surface area contributed by atoms with Crippen LogP contribution in [-0.2, 0) is 10.2 Å². The van der Waals surface area contributed by atoms with Crippen LogP contribution in [0.2, 0.25) is 5.02 Å². The summed E-state index contributed by atoms with van der Waals surface area (Å²) in [6.07, 6.45) is 0. The molecule has 0 aromatic heterocycles. The SMILES string of the molecule is CC(C)(Oc1ccc(C(C)(C)C)cc1)C(=O)Nc1cccc(NC(=O)c2cccc(Cl)c2)c1. The molecule has 0 aliphatic carbocycles. The number of amides is 2. The van der Waals surface area contributed by atoms with Crippen molar-refractivity contribution in [2.75, 3.05) is 10.6 Å². The van der Waals surface area contributed by atoms with Crippen LogP contribution in [0.4, 0.5) is 11.4 Å². The fourth-order valence-corrected chi connectivity index (χ4v) is 3.34. The van der Waals surface area contributed by atoms with Crippen molar-refractivity contribution in [2.45, 2.75) is 45.6 Å². The first-order chi connectivity index (χ1) is 15.4. The van der Waals surface area contributed by atoms with Gasteiger partial charge < -0.3 is 15.4 Å². The largest absolute Gasteiger partial charge is 0.478 e. The molecule has 2 amide bonds. The van der Waals surface area contributed by atoms with E-state index in [4.69, 9.17) is 16.3 Å². The van der Waals surface area contributed by atoms with Crippen molar-refractivity contribution in [3.63, 3.8) is 0 Å². The summed E-state index contributed by atoms with van der Waals surface area (Å²) in [6, 6.07) is 21.4. The monoisotopic (exact) mass is 464 g/mol. The number of rotatable bonds is 6. The van der Waals surface area contributed by atoms with Crippen LogP contribution in [0.3, 0.4) is 0 Å². The van der Waals surface area contributed by atoms with Crippen molar-refractivity contribution in [1.29, 1.82) is 0 Å². The average molecular weight is 465 g/mol. The Morgan fingerprint density at radius 2 is 1.39 bits per heavy atom. The zero-order valence-electron chi connectivity index (χ0n) is 19.5. The first-order valence-electron chi connectivity index (χ1n) is 10.7. The number of hydrogen-bond donors (Lipinski definition) is 2. The molecule has 3 rings (SSSR count). The molecule has 0 bridgehead atoms. The van der Waals surface area contributed by atoms with Crippen molar-refractivity contribution in [1.82, 2.24) is 0 Å². The third-order valence-electron chi connectivity index (χ3n) is 5.11. The summed E-state index contributed by atoms with van der Waals surface area (Å²) in [5, 5.41) is 6.16. The molecule has 5 nitrogen and oxygen atoms in total. The number of hydrogen-bond acceptors (Lipinski definition) is 3. The van der Waals surface area contributed by atoms with Gasteiger partial charge >= 0.3 is 0 Å². The van der Waals surface area contributed by atoms with E-state index in [1.54, 1.807) is 62.4 Å². The van der Waals surface area contributed by atoms with E-state index in [0.717, 1.165) is 0 Å². The van der Waals surface area contributed by atoms with Crippen LogP contribution >= 0.6 is 11.6 Å². The Kier molecular flexibility index (Phi) is 7.13. The van der Waals surface area contributed by atoms with Gasteiger partial charge in [-0.1, -0.05) is 56.6 Å².